The van der Waals surface area contributed by atoms with E-state index in [-0.39, 0.29) is 6.04 Å². The third kappa shape index (κ3) is 7.17. The Bertz CT molecular complexity index is 743. The van der Waals surface area contributed by atoms with Gasteiger partial charge in [0.15, 0.2) is 0 Å². The number of benzene rings is 1. The van der Waals surface area contributed by atoms with Crippen LogP contribution in [0.5, 0.6) is 0 Å². The molecule has 1 atom stereocenters. The highest BCUT2D eigenvalue weighted by Crippen LogP contribution is 2.18. The monoisotopic (exact) mass is 404 g/mol. The van der Waals surface area contributed by atoms with Crippen molar-refractivity contribution in [3.63, 3.8) is 0 Å². The number of carbonyl (C=O) groups is 1. The Hall–Kier alpha value is -2.15. The lowest BCUT2D eigenvalue weighted by molar-refractivity contribution is -0.104. The van der Waals surface area contributed by atoms with Crippen LogP contribution >= 0.6 is 23.4 Å². The van der Waals surface area contributed by atoms with Crippen molar-refractivity contribution in [3.8, 4) is 0 Å². The number of nitrogens with one attached hydrogen (secondary N) is 3. The van der Waals surface area contributed by atoms with Gasteiger partial charge in [-0.3, -0.25) is 9.80 Å². The van der Waals surface area contributed by atoms with E-state index >= 15 is 0 Å². The van der Waals surface area contributed by atoms with Gasteiger partial charge in [0.2, 0.25) is 0 Å². The molecular formula is C20H25ClN4OS. The number of hydrogen-bond acceptors (Lipinski definition) is 6. The molecule has 0 bridgehead atoms. The van der Waals surface area contributed by atoms with E-state index in [0.29, 0.717) is 23.1 Å². The average Bonchev–Trinajstić information content (AvgIpc) is 2.68. The topological polar surface area (TPSA) is 56.4 Å². The number of rotatable bonds is 10. The van der Waals surface area contributed by atoms with Crippen molar-refractivity contribution in [2.24, 2.45) is 0 Å². The number of nitrogens with zero attached hydrogens (tertiary/aromatic N) is 1. The summed E-state index contributed by atoms with van der Waals surface area (Å²) in [5.41, 5.74) is 6.32. The van der Waals surface area contributed by atoms with Crippen LogP contribution < -0.4 is 16.1 Å². The maximum absolute atomic E-state index is 11.0. The van der Waals surface area contributed by atoms with Crippen molar-refractivity contribution in [1.82, 2.24) is 15.8 Å². The minimum absolute atomic E-state index is 0.177. The number of allylic oxidation sites excluding steroid dienone is 3. The third-order valence-corrected chi connectivity index (χ3v) is 5.09. The van der Waals surface area contributed by atoms with E-state index in [2.05, 4.69) is 47.1 Å². The Kier molecular flexibility index (Phi) is 8.51. The van der Waals surface area contributed by atoms with Crippen LogP contribution in [0.3, 0.4) is 0 Å². The van der Waals surface area contributed by atoms with Crippen molar-refractivity contribution in [3.05, 3.63) is 76.6 Å². The molecule has 1 aromatic rings. The second kappa shape index (κ2) is 10.9. The summed E-state index contributed by atoms with van der Waals surface area (Å²) in [6, 6.07) is 7.57. The molecule has 2 rings (SSSR count). The standard InChI is InChI=1S/C20H25ClN4OS/c1-15(17-5-4-12-27-14-17)24-25(3)16(2)23-20(10-11-26)13-22-19-8-6-18(21)7-9-19/h4-12,15,22-24H,2,13-14H2,1,3H3/b20-10-. The fourth-order valence-electron chi connectivity index (χ4n) is 2.39. The lowest BCUT2D eigenvalue weighted by Gasteiger charge is -2.29. The molecule has 0 saturated carbocycles. The van der Waals surface area contributed by atoms with Crippen LogP contribution in [0.2, 0.25) is 5.02 Å². The highest BCUT2D eigenvalue weighted by molar-refractivity contribution is 8.02. The zero-order valence-electron chi connectivity index (χ0n) is 15.5. The van der Waals surface area contributed by atoms with Gasteiger partial charge in [-0.1, -0.05) is 30.3 Å². The first-order chi connectivity index (χ1) is 13.0. The summed E-state index contributed by atoms with van der Waals surface area (Å²) in [6.07, 6.45) is 6.43. The molecular weight excluding hydrogens is 380 g/mol. The van der Waals surface area contributed by atoms with Gasteiger partial charge in [0, 0.05) is 35.2 Å². The Morgan fingerprint density at radius 2 is 2.15 bits per heavy atom. The van der Waals surface area contributed by atoms with Gasteiger partial charge in [0.25, 0.3) is 0 Å². The minimum Gasteiger partial charge on any atom is -0.379 e. The van der Waals surface area contributed by atoms with Crippen LogP contribution in [0, 0.1) is 0 Å². The molecule has 0 radical (unpaired) electrons. The molecule has 1 aliphatic heterocycles. The Balaban J connectivity index is 1.88. The number of halogens is 1. The Morgan fingerprint density at radius 1 is 1.41 bits per heavy atom. The second-order valence-corrected chi connectivity index (χ2v) is 7.38. The largest absolute Gasteiger partial charge is 0.379 e. The number of carbonyl (C=O) groups excluding carboxylic acids is 1. The smallest absolute Gasteiger partial charge is 0.144 e. The van der Waals surface area contributed by atoms with E-state index in [1.165, 1.54) is 11.6 Å². The predicted octanol–water partition coefficient (Wildman–Crippen LogP) is 3.91. The van der Waals surface area contributed by atoms with Gasteiger partial charge < -0.3 is 10.6 Å². The summed E-state index contributed by atoms with van der Waals surface area (Å²) in [4.78, 5) is 11.0. The molecule has 144 valence electrons. The van der Waals surface area contributed by atoms with Gasteiger partial charge in [0.05, 0.1) is 6.54 Å². The first kappa shape index (κ1) is 21.2. The maximum atomic E-state index is 11.0. The van der Waals surface area contributed by atoms with Crippen LogP contribution in [0.25, 0.3) is 0 Å². The molecule has 1 unspecified atom stereocenters. The summed E-state index contributed by atoms with van der Waals surface area (Å²) in [7, 11) is 1.89. The summed E-state index contributed by atoms with van der Waals surface area (Å²) in [5, 5.41) is 11.0. The summed E-state index contributed by atoms with van der Waals surface area (Å²) < 4.78 is 0. The lowest BCUT2D eigenvalue weighted by Crippen LogP contribution is -2.44. The first-order valence-corrected chi connectivity index (χ1v) is 9.99. The number of thioether (sulfide) groups is 1. The van der Waals surface area contributed by atoms with Crippen molar-refractivity contribution in [2.45, 2.75) is 13.0 Å². The SMILES string of the molecule is C=C(N/C(=C\C=O)CNc1ccc(Cl)cc1)N(C)NC(C)C1=CC=CSC1. The van der Waals surface area contributed by atoms with Gasteiger partial charge in [-0.15, -0.1) is 11.8 Å². The van der Waals surface area contributed by atoms with Crippen LogP contribution in [0.1, 0.15) is 6.92 Å². The van der Waals surface area contributed by atoms with Gasteiger partial charge in [-0.05, 0) is 48.2 Å². The van der Waals surface area contributed by atoms with Crippen molar-refractivity contribution >= 4 is 35.3 Å². The van der Waals surface area contributed by atoms with Crippen molar-refractivity contribution in [2.75, 3.05) is 24.7 Å². The molecule has 0 amide bonds. The van der Waals surface area contributed by atoms with Crippen LogP contribution in [0.15, 0.2) is 71.6 Å². The molecule has 1 aromatic carbocycles. The summed E-state index contributed by atoms with van der Waals surface area (Å²) in [5.74, 6) is 1.62. The minimum atomic E-state index is 0.177. The van der Waals surface area contributed by atoms with Crippen LogP contribution in [0.4, 0.5) is 5.69 Å². The number of hydrogen-bond donors (Lipinski definition) is 3. The highest BCUT2D eigenvalue weighted by Gasteiger charge is 2.13. The molecule has 0 saturated heterocycles. The summed E-state index contributed by atoms with van der Waals surface area (Å²) >= 11 is 7.67. The van der Waals surface area contributed by atoms with E-state index in [4.69, 9.17) is 11.6 Å². The second-order valence-electron chi connectivity index (χ2n) is 6.05. The Morgan fingerprint density at radius 3 is 2.78 bits per heavy atom. The van der Waals surface area contributed by atoms with Gasteiger partial charge in [-0.25, -0.2) is 5.43 Å². The summed E-state index contributed by atoms with van der Waals surface area (Å²) in [6.45, 7) is 6.62. The predicted molar refractivity (Wildman–Crippen MR) is 116 cm³/mol. The van der Waals surface area contributed by atoms with E-state index in [1.54, 1.807) is 11.8 Å². The molecule has 1 heterocycles. The van der Waals surface area contributed by atoms with Gasteiger partial charge >= 0.3 is 0 Å². The number of aldehydes is 1. The zero-order chi connectivity index (χ0) is 19.6. The third-order valence-electron chi connectivity index (χ3n) is 3.98. The molecule has 1 aliphatic rings. The van der Waals surface area contributed by atoms with E-state index in [9.17, 15) is 4.79 Å². The average molecular weight is 405 g/mol. The van der Waals surface area contributed by atoms with E-state index in [0.717, 1.165) is 17.7 Å². The zero-order valence-corrected chi connectivity index (χ0v) is 17.1. The van der Waals surface area contributed by atoms with Crippen LogP contribution in [-0.2, 0) is 4.79 Å². The van der Waals surface area contributed by atoms with Crippen molar-refractivity contribution in [1.29, 1.82) is 0 Å². The van der Waals surface area contributed by atoms with Gasteiger partial charge in [0.1, 0.15) is 12.1 Å². The molecule has 7 heteroatoms. The fraction of sp³-hybridized carbons (Fsp3) is 0.250. The molecule has 0 aromatic heterocycles. The van der Waals surface area contributed by atoms with Gasteiger partial charge in [-0.2, -0.15) is 0 Å². The molecule has 0 aliphatic carbocycles. The van der Waals surface area contributed by atoms with Crippen molar-refractivity contribution < 1.29 is 4.79 Å². The van der Waals surface area contributed by atoms with E-state index < -0.39 is 0 Å². The quantitative estimate of drug-likeness (QED) is 0.312. The molecule has 0 spiro atoms. The van der Waals surface area contributed by atoms with Crippen LogP contribution in [-0.4, -0.2) is 36.7 Å². The molecule has 3 N–H and O–H groups in total. The molecule has 5 nitrogen and oxygen atoms in total. The maximum Gasteiger partial charge on any atom is 0.144 e. The first-order valence-electron chi connectivity index (χ1n) is 8.56. The molecule has 0 fully saturated rings. The Labute approximate surface area is 170 Å². The molecule has 27 heavy (non-hydrogen) atoms. The lowest BCUT2D eigenvalue weighted by atomic mass is 10.1. The normalized spacial score (nSPS) is 14.9. The fourth-order valence-corrected chi connectivity index (χ4v) is 3.34. The number of anilines is 1. The van der Waals surface area contributed by atoms with E-state index in [1.807, 2.05) is 36.3 Å². The highest BCUT2D eigenvalue weighted by atomic mass is 35.5. The number of hydrazine groups is 1.